The molecule has 1 amide bonds. The van der Waals surface area contributed by atoms with Crippen molar-refractivity contribution in [3.63, 3.8) is 0 Å². The predicted molar refractivity (Wildman–Crippen MR) is 96.0 cm³/mol. The summed E-state index contributed by atoms with van der Waals surface area (Å²) in [6.07, 6.45) is 0.829. The Morgan fingerprint density at radius 3 is 2.36 bits per heavy atom. The van der Waals surface area contributed by atoms with Crippen molar-refractivity contribution in [2.24, 2.45) is 0 Å². The number of hydrogen-bond acceptors (Lipinski definition) is 5. The van der Waals surface area contributed by atoms with E-state index in [-0.39, 0.29) is 23.2 Å². The number of amides is 1. The zero-order chi connectivity index (χ0) is 18.1. The van der Waals surface area contributed by atoms with Gasteiger partial charge in [-0.3, -0.25) is 4.79 Å². The van der Waals surface area contributed by atoms with Crippen molar-refractivity contribution in [2.75, 3.05) is 19.9 Å². The number of ether oxygens (including phenoxy) is 2. The fraction of sp³-hybridized carbons (Fsp3) is 0.611. The van der Waals surface area contributed by atoms with Gasteiger partial charge in [0.05, 0.1) is 23.9 Å². The largest absolute Gasteiger partial charge is 0.353 e. The van der Waals surface area contributed by atoms with Crippen molar-refractivity contribution in [1.29, 1.82) is 0 Å². The normalized spacial score (nSPS) is 25.2. The van der Waals surface area contributed by atoms with Crippen LogP contribution in [0.15, 0.2) is 24.3 Å². The van der Waals surface area contributed by atoms with Crippen LogP contribution >= 0.6 is 8.38 Å². The second-order valence-electron chi connectivity index (χ2n) is 7.33. The molecular formula is C18H26NO5P. The number of carbonyl (C=O) groups excluding carboxylic acids is 1. The van der Waals surface area contributed by atoms with Gasteiger partial charge in [0.15, 0.2) is 0 Å². The standard InChI is InChI=1S/C18H26NO5P/c1-17(2)18(3,4)24-25(23-17)15-7-5-13(6-8-15)16(20)19-10-9-14-11-21-12-22-14/h5-8,14H,9-12H2,1-4H3,(H,19,20). The molecule has 1 N–H and O–H groups in total. The molecule has 0 radical (unpaired) electrons. The molecule has 0 spiro atoms. The molecule has 6 nitrogen and oxygen atoms in total. The molecule has 1 aromatic carbocycles. The van der Waals surface area contributed by atoms with Crippen LogP contribution in [0.5, 0.6) is 0 Å². The molecule has 1 unspecified atom stereocenters. The van der Waals surface area contributed by atoms with Crippen LogP contribution in [0.4, 0.5) is 0 Å². The molecule has 0 saturated carbocycles. The van der Waals surface area contributed by atoms with E-state index in [2.05, 4.69) is 5.32 Å². The van der Waals surface area contributed by atoms with Crippen LogP contribution in [0.2, 0.25) is 0 Å². The molecule has 0 aromatic heterocycles. The van der Waals surface area contributed by atoms with Gasteiger partial charge in [-0.05, 0) is 58.4 Å². The topological polar surface area (TPSA) is 66.0 Å². The Hall–Kier alpha value is -1.04. The Morgan fingerprint density at radius 1 is 1.16 bits per heavy atom. The first-order valence-electron chi connectivity index (χ1n) is 8.54. The smallest absolute Gasteiger partial charge is 0.251 e. The van der Waals surface area contributed by atoms with E-state index in [1.165, 1.54) is 0 Å². The number of carbonyl (C=O) groups is 1. The Bertz CT molecular complexity index is 594. The van der Waals surface area contributed by atoms with Crippen LogP contribution in [-0.4, -0.2) is 43.2 Å². The van der Waals surface area contributed by atoms with Crippen LogP contribution in [-0.2, 0) is 18.5 Å². The van der Waals surface area contributed by atoms with E-state index >= 15 is 0 Å². The Labute approximate surface area is 150 Å². The summed E-state index contributed by atoms with van der Waals surface area (Å²) in [5, 5.41) is 3.88. The van der Waals surface area contributed by atoms with Crippen LogP contribution in [0.3, 0.4) is 0 Å². The summed E-state index contributed by atoms with van der Waals surface area (Å²) >= 11 is 0. The molecule has 2 aliphatic heterocycles. The van der Waals surface area contributed by atoms with Gasteiger partial charge >= 0.3 is 0 Å². The van der Waals surface area contributed by atoms with Crippen LogP contribution in [0, 0.1) is 0 Å². The first-order valence-corrected chi connectivity index (χ1v) is 9.72. The Morgan fingerprint density at radius 2 is 1.80 bits per heavy atom. The minimum atomic E-state index is -1.13. The molecule has 0 aliphatic carbocycles. The van der Waals surface area contributed by atoms with E-state index in [0.717, 1.165) is 11.7 Å². The lowest BCUT2D eigenvalue weighted by atomic mass is 9.90. The van der Waals surface area contributed by atoms with Crippen molar-refractivity contribution in [1.82, 2.24) is 5.32 Å². The maximum atomic E-state index is 12.2. The van der Waals surface area contributed by atoms with Crippen molar-refractivity contribution in [2.45, 2.75) is 51.4 Å². The highest BCUT2D eigenvalue weighted by Crippen LogP contribution is 2.56. The first-order chi connectivity index (χ1) is 11.8. The first kappa shape index (κ1) is 18.7. The molecule has 2 fully saturated rings. The minimum absolute atomic E-state index is 0.0776. The van der Waals surface area contributed by atoms with Gasteiger partial charge in [0, 0.05) is 17.4 Å². The van der Waals surface area contributed by atoms with Crippen LogP contribution in [0.1, 0.15) is 44.5 Å². The maximum absolute atomic E-state index is 12.2. The van der Waals surface area contributed by atoms with E-state index in [4.69, 9.17) is 18.5 Å². The molecule has 2 heterocycles. The van der Waals surface area contributed by atoms with Crippen LogP contribution < -0.4 is 10.6 Å². The third-order valence-electron chi connectivity index (χ3n) is 4.86. The summed E-state index contributed by atoms with van der Waals surface area (Å²) in [6.45, 7) is 9.66. The van der Waals surface area contributed by atoms with Crippen molar-refractivity contribution in [3.05, 3.63) is 29.8 Å². The van der Waals surface area contributed by atoms with E-state index in [9.17, 15) is 4.79 Å². The predicted octanol–water partition coefficient (Wildman–Crippen LogP) is 2.72. The SMILES string of the molecule is CC1(C)OP(c2ccc(C(=O)NCCC3COCO3)cc2)OC1(C)C. The van der Waals surface area contributed by atoms with Gasteiger partial charge in [-0.25, -0.2) is 0 Å². The monoisotopic (exact) mass is 367 g/mol. The molecule has 2 aliphatic rings. The quantitative estimate of drug-likeness (QED) is 0.811. The summed E-state index contributed by atoms with van der Waals surface area (Å²) in [5.41, 5.74) is -0.0679. The second-order valence-corrected chi connectivity index (χ2v) is 8.72. The third kappa shape index (κ3) is 4.21. The molecular weight excluding hydrogens is 341 g/mol. The zero-order valence-electron chi connectivity index (χ0n) is 15.2. The molecule has 2 saturated heterocycles. The lowest BCUT2D eigenvalue weighted by Gasteiger charge is -2.29. The number of nitrogens with one attached hydrogen (secondary N) is 1. The van der Waals surface area contributed by atoms with Crippen molar-refractivity contribution < 1.29 is 23.3 Å². The van der Waals surface area contributed by atoms with Crippen molar-refractivity contribution in [3.8, 4) is 0 Å². The average molecular weight is 367 g/mol. The lowest BCUT2D eigenvalue weighted by Crippen LogP contribution is -2.41. The van der Waals surface area contributed by atoms with Gasteiger partial charge in [-0.1, -0.05) is 0 Å². The highest BCUT2D eigenvalue weighted by atomic mass is 31.2. The second kappa shape index (κ2) is 7.29. The lowest BCUT2D eigenvalue weighted by molar-refractivity contribution is 0.00578. The fourth-order valence-electron chi connectivity index (χ4n) is 2.48. The maximum Gasteiger partial charge on any atom is 0.251 e. The number of benzene rings is 1. The highest BCUT2D eigenvalue weighted by molar-refractivity contribution is 7.56. The van der Waals surface area contributed by atoms with E-state index in [0.29, 0.717) is 25.5 Å². The molecule has 7 heteroatoms. The molecule has 25 heavy (non-hydrogen) atoms. The summed E-state index contributed by atoms with van der Waals surface area (Å²) < 4.78 is 22.7. The molecule has 1 aromatic rings. The molecule has 1 atom stereocenters. The summed E-state index contributed by atoms with van der Waals surface area (Å²) in [7, 11) is -1.13. The van der Waals surface area contributed by atoms with Gasteiger partial charge < -0.3 is 23.8 Å². The Balaban J connectivity index is 1.54. The average Bonchev–Trinajstić information content (AvgIpc) is 3.14. The fourth-order valence-corrected chi connectivity index (χ4v) is 4.39. The number of hydrogen-bond donors (Lipinski definition) is 1. The van der Waals surface area contributed by atoms with E-state index in [1.54, 1.807) is 0 Å². The third-order valence-corrected chi connectivity index (χ3v) is 6.82. The highest BCUT2D eigenvalue weighted by Gasteiger charge is 2.50. The molecule has 3 rings (SSSR count). The molecule has 0 bridgehead atoms. The minimum Gasteiger partial charge on any atom is -0.353 e. The van der Waals surface area contributed by atoms with E-state index < -0.39 is 8.38 Å². The number of rotatable bonds is 5. The van der Waals surface area contributed by atoms with Gasteiger partial charge in [0.25, 0.3) is 5.91 Å². The summed E-state index contributed by atoms with van der Waals surface area (Å²) in [5.74, 6) is -0.0906. The van der Waals surface area contributed by atoms with Crippen molar-refractivity contribution >= 4 is 19.6 Å². The van der Waals surface area contributed by atoms with Gasteiger partial charge in [-0.2, -0.15) is 0 Å². The molecule has 138 valence electrons. The summed E-state index contributed by atoms with van der Waals surface area (Å²) in [6, 6.07) is 7.44. The van der Waals surface area contributed by atoms with Gasteiger partial charge in [-0.15, -0.1) is 0 Å². The Kier molecular flexibility index (Phi) is 5.47. The van der Waals surface area contributed by atoms with Gasteiger partial charge in [0.2, 0.25) is 8.38 Å². The summed E-state index contributed by atoms with van der Waals surface area (Å²) in [4.78, 5) is 12.2. The van der Waals surface area contributed by atoms with E-state index in [1.807, 2.05) is 52.0 Å². The van der Waals surface area contributed by atoms with Gasteiger partial charge in [0.1, 0.15) is 6.79 Å². The zero-order valence-corrected chi connectivity index (χ0v) is 16.1. The van der Waals surface area contributed by atoms with Crippen LogP contribution in [0.25, 0.3) is 0 Å².